The Bertz CT molecular complexity index is 258. The molecule has 3 nitrogen and oxygen atoms in total. The van der Waals surface area contributed by atoms with Crippen molar-refractivity contribution in [2.45, 2.75) is 13.5 Å². The minimum absolute atomic E-state index is 0.121. The van der Waals surface area contributed by atoms with Gasteiger partial charge in [-0.1, -0.05) is 0 Å². The van der Waals surface area contributed by atoms with Gasteiger partial charge in [0.1, 0.15) is 11.5 Å². The maximum absolute atomic E-state index is 9.07. The van der Waals surface area contributed by atoms with E-state index in [0.717, 1.165) is 0 Å². The first-order valence-electron chi connectivity index (χ1n) is 3.83. The standard InChI is InChI=1S/C9H12O3/c1-2-12-9-4-3-8(11)5-7(9)6-10/h3-5,10-11H,2,6H2,1H3. The molecule has 0 fully saturated rings. The number of aromatic hydroxyl groups is 1. The second kappa shape index (κ2) is 3.97. The normalized spacial score (nSPS) is 9.83. The summed E-state index contributed by atoms with van der Waals surface area (Å²) in [4.78, 5) is 0. The molecule has 1 aromatic rings. The summed E-state index contributed by atoms with van der Waals surface area (Å²) in [6, 6.07) is 4.67. The highest BCUT2D eigenvalue weighted by Gasteiger charge is 2.02. The molecule has 3 heteroatoms. The van der Waals surface area contributed by atoms with Gasteiger partial charge in [-0.25, -0.2) is 0 Å². The Morgan fingerprint density at radius 3 is 2.75 bits per heavy atom. The summed E-state index contributed by atoms with van der Waals surface area (Å²) in [6.45, 7) is 2.30. The third-order valence-corrected chi connectivity index (χ3v) is 1.51. The summed E-state index contributed by atoms with van der Waals surface area (Å²) >= 11 is 0. The number of phenolic OH excluding ortho intramolecular Hbond substituents is 1. The van der Waals surface area contributed by atoms with Crippen LogP contribution in [0, 0.1) is 0 Å². The van der Waals surface area contributed by atoms with Gasteiger partial charge in [0.2, 0.25) is 0 Å². The van der Waals surface area contributed by atoms with Crippen LogP contribution in [0.3, 0.4) is 0 Å². The third kappa shape index (κ3) is 1.89. The van der Waals surface area contributed by atoms with E-state index in [9.17, 15) is 0 Å². The molecular formula is C9H12O3. The number of aliphatic hydroxyl groups is 1. The van der Waals surface area contributed by atoms with Gasteiger partial charge in [0.05, 0.1) is 13.2 Å². The predicted octanol–water partition coefficient (Wildman–Crippen LogP) is 1.28. The highest BCUT2D eigenvalue weighted by Crippen LogP contribution is 2.23. The van der Waals surface area contributed by atoms with E-state index in [0.29, 0.717) is 17.9 Å². The molecule has 0 atom stereocenters. The van der Waals surface area contributed by atoms with Crippen molar-refractivity contribution in [3.05, 3.63) is 23.8 Å². The van der Waals surface area contributed by atoms with Gasteiger partial charge in [-0.3, -0.25) is 0 Å². The maximum atomic E-state index is 9.07. The second-order valence-corrected chi connectivity index (χ2v) is 2.38. The number of hydrogen-bond donors (Lipinski definition) is 2. The van der Waals surface area contributed by atoms with Gasteiger partial charge < -0.3 is 14.9 Å². The molecule has 0 aliphatic carbocycles. The highest BCUT2D eigenvalue weighted by atomic mass is 16.5. The molecule has 2 N–H and O–H groups in total. The second-order valence-electron chi connectivity index (χ2n) is 2.38. The van der Waals surface area contributed by atoms with Gasteiger partial charge in [0, 0.05) is 5.56 Å². The fraction of sp³-hybridized carbons (Fsp3) is 0.333. The third-order valence-electron chi connectivity index (χ3n) is 1.51. The lowest BCUT2D eigenvalue weighted by Gasteiger charge is -2.07. The summed E-state index contributed by atoms with van der Waals surface area (Å²) in [5, 5.41) is 17.9. The van der Waals surface area contributed by atoms with Crippen LogP contribution >= 0.6 is 0 Å². The van der Waals surface area contributed by atoms with E-state index in [1.165, 1.54) is 12.1 Å². The van der Waals surface area contributed by atoms with Gasteiger partial charge in [0.15, 0.2) is 0 Å². The Morgan fingerprint density at radius 2 is 2.17 bits per heavy atom. The monoisotopic (exact) mass is 168 g/mol. The largest absolute Gasteiger partial charge is 0.508 e. The van der Waals surface area contributed by atoms with E-state index in [2.05, 4.69) is 0 Å². The van der Waals surface area contributed by atoms with Gasteiger partial charge in [-0.2, -0.15) is 0 Å². The number of hydrogen-bond acceptors (Lipinski definition) is 3. The van der Waals surface area contributed by atoms with Gasteiger partial charge in [-0.15, -0.1) is 0 Å². The van der Waals surface area contributed by atoms with Crippen LogP contribution in [0.5, 0.6) is 11.5 Å². The van der Waals surface area contributed by atoms with Crippen molar-refractivity contribution < 1.29 is 14.9 Å². The zero-order valence-electron chi connectivity index (χ0n) is 6.95. The van der Waals surface area contributed by atoms with Gasteiger partial charge in [0.25, 0.3) is 0 Å². The fourth-order valence-electron chi connectivity index (χ4n) is 0.986. The predicted molar refractivity (Wildman–Crippen MR) is 45.2 cm³/mol. The van der Waals surface area contributed by atoms with Crippen LogP contribution in [0.15, 0.2) is 18.2 Å². The Labute approximate surface area is 71.2 Å². The minimum Gasteiger partial charge on any atom is -0.508 e. The molecular weight excluding hydrogens is 156 g/mol. The molecule has 1 aromatic carbocycles. The molecule has 0 radical (unpaired) electrons. The molecule has 0 unspecified atom stereocenters. The summed E-state index contributed by atoms with van der Waals surface area (Å²) < 4.78 is 5.21. The quantitative estimate of drug-likeness (QED) is 0.714. The lowest BCUT2D eigenvalue weighted by atomic mass is 10.2. The molecule has 0 amide bonds. The molecule has 66 valence electrons. The fourth-order valence-corrected chi connectivity index (χ4v) is 0.986. The first-order valence-corrected chi connectivity index (χ1v) is 3.83. The summed E-state index contributed by atoms with van der Waals surface area (Å²) in [5.74, 6) is 0.764. The average Bonchev–Trinajstić information content (AvgIpc) is 2.08. The van der Waals surface area contributed by atoms with E-state index < -0.39 is 0 Å². The topological polar surface area (TPSA) is 49.7 Å². The van der Waals surface area contributed by atoms with Crippen molar-refractivity contribution in [2.75, 3.05) is 6.61 Å². The van der Waals surface area contributed by atoms with E-state index in [4.69, 9.17) is 14.9 Å². The molecule has 0 aliphatic heterocycles. The number of ether oxygens (including phenoxy) is 1. The number of rotatable bonds is 3. The Morgan fingerprint density at radius 1 is 1.42 bits per heavy atom. The SMILES string of the molecule is CCOc1ccc(O)cc1CO. The molecule has 0 heterocycles. The highest BCUT2D eigenvalue weighted by molar-refractivity contribution is 5.39. The molecule has 0 saturated heterocycles. The van der Waals surface area contributed by atoms with Gasteiger partial charge in [-0.05, 0) is 25.1 Å². The van der Waals surface area contributed by atoms with Crippen LogP contribution in [0.2, 0.25) is 0 Å². The smallest absolute Gasteiger partial charge is 0.125 e. The molecule has 0 aromatic heterocycles. The molecule has 12 heavy (non-hydrogen) atoms. The average molecular weight is 168 g/mol. The van der Waals surface area contributed by atoms with E-state index in [1.54, 1.807) is 6.07 Å². The summed E-state index contributed by atoms with van der Waals surface area (Å²) in [6.07, 6.45) is 0. The van der Waals surface area contributed by atoms with Crippen LogP contribution in [-0.2, 0) is 6.61 Å². The van der Waals surface area contributed by atoms with Crippen molar-refractivity contribution in [3.8, 4) is 11.5 Å². The van der Waals surface area contributed by atoms with E-state index in [-0.39, 0.29) is 12.4 Å². The van der Waals surface area contributed by atoms with Crippen LogP contribution in [0.1, 0.15) is 12.5 Å². The molecule has 0 spiro atoms. The maximum Gasteiger partial charge on any atom is 0.125 e. The van der Waals surface area contributed by atoms with Crippen molar-refractivity contribution in [3.63, 3.8) is 0 Å². The van der Waals surface area contributed by atoms with Crippen molar-refractivity contribution >= 4 is 0 Å². The van der Waals surface area contributed by atoms with E-state index >= 15 is 0 Å². The van der Waals surface area contributed by atoms with E-state index in [1.807, 2.05) is 6.92 Å². The van der Waals surface area contributed by atoms with Crippen molar-refractivity contribution in [1.29, 1.82) is 0 Å². The molecule has 0 saturated carbocycles. The van der Waals surface area contributed by atoms with Crippen LogP contribution < -0.4 is 4.74 Å². The number of aliphatic hydroxyl groups excluding tert-OH is 1. The first-order chi connectivity index (χ1) is 5.77. The molecule has 1 rings (SSSR count). The molecule has 0 aliphatic rings. The zero-order valence-corrected chi connectivity index (χ0v) is 6.95. The Kier molecular flexibility index (Phi) is 2.94. The molecule has 0 bridgehead atoms. The van der Waals surface area contributed by atoms with Crippen molar-refractivity contribution in [1.82, 2.24) is 0 Å². The Balaban J connectivity index is 2.94. The minimum atomic E-state index is -0.121. The first kappa shape index (κ1) is 8.87. The Hall–Kier alpha value is -1.22. The van der Waals surface area contributed by atoms with Gasteiger partial charge >= 0.3 is 0 Å². The number of phenols is 1. The van der Waals surface area contributed by atoms with Crippen LogP contribution in [-0.4, -0.2) is 16.8 Å². The number of benzene rings is 1. The summed E-state index contributed by atoms with van der Waals surface area (Å²) in [5.41, 5.74) is 0.608. The zero-order chi connectivity index (χ0) is 8.97. The van der Waals surface area contributed by atoms with Crippen molar-refractivity contribution in [2.24, 2.45) is 0 Å². The van der Waals surface area contributed by atoms with Crippen LogP contribution in [0.4, 0.5) is 0 Å². The lowest BCUT2D eigenvalue weighted by Crippen LogP contribution is -1.96. The summed E-state index contributed by atoms with van der Waals surface area (Å²) in [7, 11) is 0. The van der Waals surface area contributed by atoms with Crippen LogP contribution in [0.25, 0.3) is 0 Å². The lowest BCUT2D eigenvalue weighted by molar-refractivity contribution is 0.266.